The molecule has 0 saturated carbocycles. The van der Waals surface area contributed by atoms with Crippen molar-refractivity contribution in [1.29, 1.82) is 0 Å². The SMILES string of the molecule is Cc1cccnc1CNCC(CN)C(C)C. The summed E-state index contributed by atoms with van der Waals surface area (Å²) in [5, 5.41) is 3.43. The lowest BCUT2D eigenvalue weighted by molar-refractivity contribution is 0.370. The van der Waals surface area contributed by atoms with Gasteiger partial charge in [-0.15, -0.1) is 0 Å². The van der Waals surface area contributed by atoms with E-state index in [0.717, 1.165) is 25.3 Å². The number of nitrogens with two attached hydrogens (primary N) is 1. The first kappa shape index (κ1) is 13.1. The predicted octanol–water partition coefficient (Wildman–Crippen LogP) is 1.71. The minimum atomic E-state index is 0.545. The molecule has 0 bridgehead atoms. The van der Waals surface area contributed by atoms with E-state index >= 15 is 0 Å². The monoisotopic (exact) mass is 221 g/mol. The summed E-state index contributed by atoms with van der Waals surface area (Å²) < 4.78 is 0. The molecule has 0 fully saturated rings. The van der Waals surface area contributed by atoms with E-state index in [-0.39, 0.29) is 0 Å². The summed E-state index contributed by atoms with van der Waals surface area (Å²) in [7, 11) is 0. The smallest absolute Gasteiger partial charge is 0.0570 e. The van der Waals surface area contributed by atoms with Crippen molar-refractivity contribution < 1.29 is 0 Å². The Kier molecular flexibility index (Phi) is 5.43. The van der Waals surface area contributed by atoms with Gasteiger partial charge in [-0.1, -0.05) is 19.9 Å². The fourth-order valence-corrected chi connectivity index (χ4v) is 1.67. The van der Waals surface area contributed by atoms with Crippen LogP contribution in [0.25, 0.3) is 0 Å². The summed E-state index contributed by atoms with van der Waals surface area (Å²) in [6.07, 6.45) is 1.84. The van der Waals surface area contributed by atoms with Gasteiger partial charge >= 0.3 is 0 Å². The molecule has 0 aliphatic heterocycles. The first-order chi connectivity index (χ1) is 7.65. The molecule has 3 heteroatoms. The lowest BCUT2D eigenvalue weighted by atomic mass is 9.96. The van der Waals surface area contributed by atoms with Crippen molar-refractivity contribution in [3.8, 4) is 0 Å². The normalized spacial score (nSPS) is 13.1. The first-order valence-electron chi connectivity index (χ1n) is 5.96. The summed E-state index contributed by atoms with van der Waals surface area (Å²) >= 11 is 0. The molecule has 16 heavy (non-hydrogen) atoms. The highest BCUT2D eigenvalue weighted by molar-refractivity contribution is 5.17. The maximum Gasteiger partial charge on any atom is 0.0570 e. The number of nitrogens with zero attached hydrogens (tertiary/aromatic N) is 1. The van der Waals surface area contributed by atoms with E-state index in [2.05, 4.69) is 37.1 Å². The molecule has 3 nitrogen and oxygen atoms in total. The van der Waals surface area contributed by atoms with Crippen LogP contribution in [0.3, 0.4) is 0 Å². The van der Waals surface area contributed by atoms with Crippen LogP contribution >= 0.6 is 0 Å². The average Bonchev–Trinajstić information content (AvgIpc) is 2.26. The van der Waals surface area contributed by atoms with Crippen LogP contribution in [0.5, 0.6) is 0 Å². The maximum absolute atomic E-state index is 5.73. The number of hydrogen-bond acceptors (Lipinski definition) is 3. The van der Waals surface area contributed by atoms with Gasteiger partial charge in [0.15, 0.2) is 0 Å². The second-order valence-corrected chi connectivity index (χ2v) is 4.64. The molecule has 1 rings (SSSR count). The zero-order chi connectivity index (χ0) is 12.0. The van der Waals surface area contributed by atoms with Gasteiger partial charge in [0.05, 0.1) is 5.69 Å². The van der Waals surface area contributed by atoms with Crippen molar-refractivity contribution in [3.05, 3.63) is 29.6 Å². The summed E-state index contributed by atoms with van der Waals surface area (Å²) in [6.45, 7) is 9.05. The molecule has 0 aliphatic carbocycles. The first-order valence-corrected chi connectivity index (χ1v) is 5.96. The third kappa shape index (κ3) is 3.91. The second kappa shape index (κ2) is 6.61. The minimum Gasteiger partial charge on any atom is -0.330 e. The average molecular weight is 221 g/mol. The molecule has 1 aromatic rings. The van der Waals surface area contributed by atoms with E-state index in [1.54, 1.807) is 0 Å². The van der Waals surface area contributed by atoms with Crippen molar-refractivity contribution in [2.75, 3.05) is 13.1 Å². The Morgan fingerprint density at radius 1 is 1.44 bits per heavy atom. The molecule has 0 saturated heterocycles. The molecule has 0 aromatic carbocycles. The Morgan fingerprint density at radius 3 is 2.75 bits per heavy atom. The largest absolute Gasteiger partial charge is 0.330 e. The Bertz CT molecular complexity index is 310. The van der Waals surface area contributed by atoms with Gasteiger partial charge in [0.1, 0.15) is 0 Å². The van der Waals surface area contributed by atoms with Gasteiger partial charge in [-0.05, 0) is 43.5 Å². The Labute approximate surface area is 98.5 Å². The summed E-state index contributed by atoms with van der Waals surface area (Å²) in [4.78, 5) is 4.35. The molecule has 0 radical (unpaired) electrons. The molecule has 1 aromatic heterocycles. The zero-order valence-electron chi connectivity index (χ0n) is 10.5. The van der Waals surface area contributed by atoms with Crippen LogP contribution in [0.15, 0.2) is 18.3 Å². The minimum absolute atomic E-state index is 0.545. The van der Waals surface area contributed by atoms with Gasteiger partial charge < -0.3 is 11.1 Å². The van der Waals surface area contributed by atoms with Crippen LogP contribution < -0.4 is 11.1 Å². The molecular weight excluding hydrogens is 198 g/mol. The zero-order valence-corrected chi connectivity index (χ0v) is 10.5. The third-order valence-corrected chi connectivity index (χ3v) is 3.06. The number of aromatic nitrogens is 1. The van der Waals surface area contributed by atoms with Gasteiger partial charge in [0.25, 0.3) is 0 Å². The van der Waals surface area contributed by atoms with E-state index in [4.69, 9.17) is 5.73 Å². The highest BCUT2D eigenvalue weighted by atomic mass is 14.9. The van der Waals surface area contributed by atoms with E-state index in [0.29, 0.717) is 11.8 Å². The summed E-state index contributed by atoms with van der Waals surface area (Å²) in [5.41, 5.74) is 8.09. The fourth-order valence-electron chi connectivity index (χ4n) is 1.67. The number of aryl methyl sites for hydroxylation is 1. The van der Waals surface area contributed by atoms with E-state index < -0.39 is 0 Å². The lowest BCUT2D eigenvalue weighted by Gasteiger charge is -2.19. The van der Waals surface area contributed by atoms with Crippen LogP contribution in [0.2, 0.25) is 0 Å². The fraction of sp³-hybridized carbons (Fsp3) is 0.615. The van der Waals surface area contributed by atoms with Gasteiger partial charge in [-0.2, -0.15) is 0 Å². The molecule has 3 N–H and O–H groups in total. The quantitative estimate of drug-likeness (QED) is 0.769. The number of nitrogens with one attached hydrogen (secondary N) is 1. The molecule has 1 heterocycles. The second-order valence-electron chi connectivity index (χ2n) is 4.64. The van der Waals surface area contributed by atoms with Crippen LogP contribution in [0.1, 0.15) is 25.1 Å². The van der Waals surface area contributed by atoms with Gasteiger partial charge in [-0.3, -0.25) is 4.98 Å². The summed E-state index contributed by atoms with van der Waals surface area (Å²) in [6, 6.07) is 4.06. The van der Waals surface area contributed by atoms with Crippen molar-refractivity contribution in [2.24, 2.45) is 17.6 Å². The van der Waals surface area contributed by atoms with Crippen LogP contribution in [0, 0.1) is 18.8 Å². The Morgan fingerprint density at radius 2 is 2.19 bits per heavy atom. The van der Waals surface area contributed by atoms with Gasteiger partial charge in [-0.25, -0.2) is 0 Å². The van der Waals surface area contributed by atoms with Gasteiger partial charge in [0, 0.05) is 12.7 Å². The van der Waals surface area contributed by atoms with E-state index in [9.17, 15) is 0 Å². The highest BCUT2D eigenvalue weighted by Gasteiger charge is 2.10. The standard InChI is InChI=1S/C13H23N3/c1-10(2)12(7-14)8-15-9-13-11(3)5-4-6-16-13/h4-6,10,12,15H,7-9,14H2,1-3H3. The van der Waals surface area contributed by atoms with Crippen LogP contribution in [-0.2, 0) is 6.54 Å². The molecule has 0 spiro atoms. The number of rotatable bonds is 6. The van der Waals surface area contributed by atoms with E-state index in [1.165, 1.54) is 5.56 Å². The molecule has 1 unspecified atom stereocenters. The van der Waals surface area contributed by atoms with Crippen molar-refractivity contribution in [2.45, 2.75) is 27.3 Å². The lowest BCUT2D eigenvalue weighted by Crippen LogP contribution is -2.31. The van der Waals surface area contributed by atoms with Crippen molar-refractivity contribution in [1.82, 2.24) is 10.3 Å². The van der Waals surface area contributed by atoms with Crippen LogP contribution in [0.4, 0.5) is 0 Å². The molecule has 0 amide bonds. The Balaban J connectivity index is 2.38. The van der Waals surface area contributed by atoms with Crippen molar-refractivity contribution in [3.63, 3.8) is 0 Å². The third-order valence-electron chi connectivity index (χ3n) is 3.06. The molecule has 1 atom stereocenters. The number of pyridine rings is 1. The van der Waals surface area contributed by atoms with E-state index in [1.807, 2.05) is 12.3 Å². The summed E-state index contributed by atoms with van der Waals surface area (Å²) in [5.74, 6) is 1.17. The predicted molar refractivity (Wildman–Crippen MR) is 68.1 cm³/mol. The molecular formula is C13H23N3. The maximum atomic E-state index is 5.73. The molecule has 90 valence electrons. The van der Waals surface area contributed by atoms with Gasteiger partial charge in [0.2, 0.25) is 0 Å². The molecule has 0 aliphatic rings. The number of hydrogen-bond donors (Lipinski definition) is 2. The topological polar surface area (TPSA) is 50.9 Å². The van der Waals surface area contributed by atoms with Crippen molar-refractivity contribution >= 4 is 0 Å². The van der Waals surface area contributed by atoms with Crippen LogP contribution in [-0.4, -0.2) is 18.1 Å². The highest BCUT2D eigenvalue weighted by Crippen LogP contribution is 2.08. The Hall–Kier alpha value is -0.930.